The molecule has 0 aliphatic rings. The van der Waals surface area contributed by atoms with Gasteiger partial charge in [-0.3, -0.25) is 0 Å². The molecule has 0 aliphatic carbocycles. The van der Waals surface area contributed by atoms with Crippen LogP contribution in [0.3, 0.4) is 0 Å². The minimum absolute atomic E-state index is 0.604. The number of benzene rings is 1. The van der Waals surface area contributed by atoms with Crippen LogP contribution < -0.4 is 10.6 Å². The minimum atomic E-state index is 0.604. The van der Waals surface area contributed by atoms with Crippen molar-refractivity contribution in [3.63, 3.8) is 0 Å². The quantitative estimate of drug-likeness (QED) is 0.828. The molecule has 0 fully saturated rings. The SMILES string of the molecule is CCN(CCCn1ccnc1)c1ccc(CN)cc1. The monoisotopic (exact) mass is 258 g/mol. The van der Waals surface area contributed by atoms with E-state index in [1.54, 1.807) is 0 Å². The Morgan fingerprint density at radius 3 is 2.63 bits per heavy atom. The standard InChI is InChI=1S/C15H22N4/c1-2-19(10-3-9-18-11-8-17-13-18)15-6-4-14(12-16)5-7-15/h4-8,11,13H,2-3,9-10,12,16H2,1H3. The predicted molar refractivity (Wildman–Crippen MR) is 79.1 cm³/mol. The van der Waals surface area contributed by atoms with E-state index in [1.165, 1.54) is 11.3 Å². The van der Waals surface area contributed by atoms with Gasteiger partial charge in [-0.25, -0.2) is 4.98 Å². The van der Waals surface area contributed by atoms with E-state index in [-0.39, 0.29) is 0 Å². The fourth-order valence-electron chi connectivity index (χ4n) is 2.18. The van der Waals surface area contributed by atoms with Crippen LogP contribution in [0, 0.1) is 0 Å². The van der Waals surface area contributed by atoms with Crippen LogP contribution in [-0.4, -0.2) is 22.6 Å². The van der Waals surface area contributed by atoms with Gasteiger partial charge in [0.05, 0.1) is 6.33 Å². The molecule has 1 aromatic heterocycles. The summed E-state index contributed by atoms with van der Waals surface area (Å²) in [4.78, 5) is 6.44. The van der Waals surface area contributed by atoms with Crippen LogP contribution in [0.1, 0.15) is 18.9 Å². The third-order valence-electron chi connectivity index (χ3n) is 3.32. The van der Waals surface area contributed by atoms with Crippen LogP contribution >= 0.6 is 0 Å². The molecule has 4 nitrogen and oxygen atoms in total. The fourth-order valence-corrected chi connectivity index (χ4v) is 2.18. The van der Waals surface area contributed by atoms with Gasteiger partial charge in [-0.2, -0.15) is 0 Å². The van der Waals surface area contributed by atoms with Gasteiger partial charge in [0.2, 0.25) is 0 Å². The molecule has 0 atom stereocenters. The Balaban J connectivity index is 1.88. The summed E-state index contributed by atoms with van der Waals surface area (Å²) < 4.78 is 2.12. The molecule has 0 aliphatic heterocycles. The molecule has 19 heavy (non-hydrogen) atoms. The van der Waals surface area contributed by atoms with Gasteiger partial charge in [-0.15, -0.1) is 0 Å². The van der Waals surface area contributed by atoms with Gasteiger partial charge in [0.1, 0.15) is 0 Å². The van der Waals surface area contributed by atoms with Gasteiger partial charge in [-0.05, 0) is 31.0 Å². The highest BCUT2D eigenvalue weighted by atomic mass is 15.1. The molecule has 2 N–H and O–H groups in total. The first kappa shape index (κ1) is 13.6. The van der Waals surface area contributed by atoms with E-state index in [9.17, 15) is 0 Å². The molecule has 1 aromatic carbocycles. The molecule has 0 unspecified atom stereocenters. The molecule has 2 rings (SSSR count). The molecule has 102 valence electrons. The summed E-state index contributed by atoms with van der Waals surface area (Å²) in [5, 5.41) is 0. The summed E-state index contributed by atoms with van der Waals surface area (Å²) in [6.07, 6.45) is 6.81. The average Bonchev–Trinajstić information content (AvgIpc) is 2.97. The Morgan fingerprint density at radius 1 is 1.26 bits per heavy atom. The first-order valence-corrected chi connectivity index (χ1v) is 6.83. The second kappa shape index (κ2) is 6.95. The molecular formula is C15H22N4. The van der Waals surface area contributed by atoms with Gasteiger partial charge < -0.3 is 15.2 Å². The van der Waals surface area contributed by atoms with Gasteiger partial charge in [0.25, 0.3) is 0 Å². The number of imidazole rings is 1. The van der Waals surface area contributed by atoms with Crippen molar-refractivity contribution in [1.29, 1.82) is 0 Å². The molecule has 0 bridgehead atoms. The van der Waals surface area contributed by atoms with Crippen molar-refractivity contribution in [2.24, 2.45) is 5.73 Å². The Labute approximate surface area is 114 Å². The first-order valence-electron chi connectivity index (χ1n) is 6.83. The molecule has 0 saturated heterocycles. The van der Waals surface area contributed by atoms with Crippen molar-refractivity contribution < 1.29 is 0 Å². The molecular weight excluding hydrogens is 236 g/mol. The van der Waals surface area contributed by atoms with E-state index in [1.807, 2.05) is 18.7 Å². The molecule has 0 radical (unpaired) electrons. The lowest BCUT2D eigenvalue weighted by atomic mass is 10.2. The van der Waals surface area contributed by atoms with E-state index in [0.717, 1.165) is 26.1 Å². The molecule has 0 spiro atoms. The Kier molecular flexibility index (Phi) is 4.98. The molecule has 4 heteroatoms. The largest absolute Gasteiger partial charge is 0.372 e. The third kappa shape index (κ3) is 3.83. The number of hydrogen-bond acceptors (Lipinski definition) is 3. The van der Waals surface area contributed by atoms with E-state index in [2.05, 4.69) is 45.6 Å². The number of aryl methyl sites for hydroxylation is 1. The fraction of sp³-hybridized carbons (Fsp3) is 0.400. The minimum Gasteiger partial charge on any atom is -0.372 e. The lowest BCUT2D eigenvalue weighted by Crippen LogP contribution is -2.24. The smallest absolute Gasteiger partial charge is 0.0945 e. The highest BCUT2D eigenvalue weighted by Crippen LogP contribution is 2.15. The maximum absolute atomic E-state index is 5.62. The lowest BCUT2D eigenvalue weighted by Gasteiger charge is -2.23. The Bertz CT molecular complexity index is 461. The summed E-state index contributed by atoms with van der Waals surface area (Å²) in [6.45, 7) is 5.88. The summed E-state index contributed by atoms with van der Waals surface area (Å²) in [5.74, 6) is 0. The van der Waals surface area contributed by atoms with Crippen molar-refractivity contribution in [2.45, 2.75) is 26.4 Å². The van der Waals surface area contributed by atoms with Crippen LogP contribution in [0.5, 0.6) is 0 Å². The zero-order valence-corrected chi connectivity index (χ0v) is 11.5. The Morgan fingerprint density at radius 2 is 2.05 bits per heavy atom. The second-order valence-electron chi connectivity index (χ2n) is 4.60. The van der Waals surface area contributed by atoms with Crippen LogP contribution in [-0.2, 0) is 13.1 Å². The van der Waals surface area contributed by atoms with Crippen molar-refractivity contribution in [3.8, 4) is 0 Å². The van der Waals surface area contributed by atoms with E-state index < -0.39 is 0 Å². The number of anilines is 1. The second-order valence-corrected chi connectivity index (χ2v) is 4.60. The zero-order valence-electron chi connectivity index (χ0n) is 11.5. The molecule has 0 amide bonds. The average molecular weight is 258 g/mol. The summed E-state index contributed by atoms with van der Waals surface area (Å²) in [5.41, 5.74) is 8.07. The highest BCUT2D eigenvalue weighted by molar-refractivity contribution is 5.47. The van der Waals surface area contributed by atoms with Gasteiger partial charge in [0.15, 0.2) is 0 Å². The molecule has 2 aromatic rings. The van der Waals surface area contributed by atoms with Crippen molar-refractivity contribution in [3.05, 3.63) is 48.5 Å². The van der Waals surface area contributed by atoms with Gasteiger partial charge in [-0.1, -0.05) is 12.1 Å². The Hall–Kier alpha value is -1.81. The van der Waals surface area contributed by atoms with Crippen molar-refractivity contribution in [1.82, 2.24) is 9.55 Å². The maximum Gasteiger partial charge on any atom is 0.0945 e. The number of nitrogens with two attached hydrogens (primary N) is 1. The molecule has 0 saturated carbocycles. The van der Waals surface area contributed by atoms with Gasteiger partial charge >= 0.3 is 0 Å². The van der Waals surface area contributed by atoms with Gasteiger partial charge in [0, 0.05) is 44.3 Å². The normalized spacial score (nSPS) is 10.6. The summed E-state index contributed by atoms with van der Waals surface area (Å²) >= 11 is 0. The van der Waals surface area contributed by atoms with Crippen molar-refractivity contribution in [2.75, 3.05) is 18.0 Å². The van der Waals surface area contributed by atoms with Crippen LogP contribution in [0.2, 0.25) is 0 Å². The maximum atomic E-state index is 5.62. The number of nitrogens with zero attached hydrogens (tertiary/aromatic N) is 3. The number of aromatic nitrogens is 2. The predicted octanol–water partition coefficient (Wildman–Crippen LogP) is 2.26. The number of rotatable bonds is 7. The van der Waals surface area contributed by atoms with Crippen LogP contribution in [0.15, 0.2) is 43.0 Å². The highest BCUT2D eigenvalue weighted by Gasteiger charge is 2.03. The van der Waals surface area contributed by atoms with Crippen molar-refractivity contribution >= 4 is 5.69 Å². The zero-order chi connectivity index (χ0) is 13.5. The third-order valence-corrected chi connectivity index (χ3v) is 3.32. The summed E-state index contributed by atoms with van der Waals surface area (Å²) in [6, 6.07) is 8.52. The summed E-state index contributed by atoms with van der Waals surface area (Å²) in [7, 11) is 0. The van der Waals surface area contributed by atoms with E-state index in [4.69, 9.17) is 5.73 Å². The number of hydrogen-bond donors (Lipinski definition) is 1. The first-order chi connectivity index (χ1) is 9.33. The lowest BCUT2D eigenvalue weighted by molar-refractivity contribution is 0.627. The van der Waals surface area contributed by atoms with E-state index >= 15 is 0 Å². The molecule has 1 heterocycles. The van der Waals surface area contributed by atoms with Crippen LogP contribution in [0.25, 0.3) is 0 Å². The topological polar surface area (TPSA) is 47.1 Å². The van der Waals surface area contributed by atoms with E-state index in [0.29, 0.717) is 6.54 Å². The van der Waals surface area contributed by atoms with Crippen LogP contribution in [0.4, 0.5) is 5.69 Å².